The summed E-state index contributed by atoms with van der Waals surface area (Å²) >= 11 is 5.14. The minimum absolute atomic E-state index is 0. The fraction of sp³-hybridized carbons (Fsp3) is 0.615. The van der Waals surface area contributed by atoms with Crippen LogP contribution < -0.4 is 5.73 Å². The van der Waals surface area contributed by atoms with Crippen LogP contribution in [-0.2, 0) is 11.2 Å². The van der Waals surface area contributed by atoms with E-state index in [-0.39, 0.29) is 24.4 Å². The molecule has 1 saturated heterocycles. The molecule has 1 amide bonds. The molecule has 3 nitrogen and oxygen atoms in total. The van der Waals surface area contributed by atoms with Crippen LogP contribution >= 0.6 is 39.7 Å². The highest BCUT2D eigenvalue weighted by molar-refractivity contribution is 9.10. The van der Waals surface area contributed by atoms with Gasteiger partial charge in [-0.3, -0.25) is 4.79 Å². The lowest BCUT2D eigenvalue weighted by Gasteiger charge is -2.35. The number of thiophene rings is 1. The van der Waals surface area contributed by atoms with Crippen LogP contribution in [0.4, 0.5) is 0 Å². The molecule has 6 heteroatoms. The van der Waals surface area contributed by atoms with Crippen molar-refractivity contribution >= 4 is 45.6 Å². The first-order chi connectivity index (χ1) is 8.70. The summed E-state index contributed by atoms with van der Waals surface area (Å²) in [5.74, 6) is 0.259. The molecule has 0 saturated carbocycles. The van der Waals surface area contributed by atoms with E-state index in [1.54, 1.807) is 11.3 Å². The summed E-state index contributed by atoms with van der Waals surface area (Å²) in [4.78, 5) is 15.5. The summed E-state index contributed by atoms with van der Waals surface area (Å²) in [6, 6.07) is 2.36. The second-order valence-corrected chi connectivity index (χ2v) is 6.62. The molecule has 2 heterocycles. The van der Waals surface area contributed by atoms with Gasteiger partial charge in [0.25, 0.3) is 0 Å². The van der Waals surface area contributed by atoms with E-state index in [2.05, 4.69) is 27.4 Å². The maximum Gasteiger partial charge on any atom is 0.223 e. The number of amides is 1. The van der Waals surface area contributed by atoms with E-state index in [4.69, 9.17) is 5.73 Å². The Balaban J connectivity index is 0.00000180. The fourth-order valence-electron chi connectivity index (χ4n) is 2.43. The Morgan fingerprint density at radius 3 is 2.95 bits per heavy atom. The van der Waals surface area contributed by atoms with Crippen LogP contribution in [0.3, 0.4) is 0 Å². The summed E-state index contributed by atoms with van der Waals surface area (Å²) in [6.07, 6.45) is 4.81. The monoisotopic (exact) mass is 366 g/mol. The molecule has 0 aromatic carbocycles. The van der Waals surface area contributed by atoms with Crippen LogP contribution in [0, 0.1) is 0 Å². The van der Waals surface area contributed by atoms with E-state index in [0.29, 0.717) is 13.0 Å². The van der Waals surface area contributed by atoms with Gasteiger partial charge in [-0.1, -0.05) is 0 Å². The molecule has 0 aliphatic carbocycles. The quantitative estimate of drug-likeness (QED) is 0.888. The number of hydrogen-bond acceptors (Lipinski definition) is 3. The molecular formula is C13H20BrClN2OS. The zero-order chi connectivity index (χ0) is 13.0. The van der Waals surface area contributed by atoms with Gasteiger partial charge < -0.3 is 10.6 Å². The van der Waals surface area contributed by atoms with Crippen molar-refractivity contribution in [2.24, 2.45) is 5.73 Å². The Morgan fingerprint density at radius 2 is 2.32 bits per heavy atom. The lowest BCUT2D eigenvalue weighted by molar-refractivity contribution is -0.134. The van der Waals surface area contributed by atoms with Crippen molar-refractivity contribution in [2.75, 3.05) is 13.1 Å². The molecule has 0 bridgehead atoms. The van der Waals surface area contributed by atoms with Gasteiger partial charge in [-0.25, -0.2) is 0 Å². The molecule has 1 aliphatic rings. The van der Waals surface area contributed by atoms with Crippen LogP contribution in [0.2, 0.25) is 0 Å². The third kappa shape index (κ3) is 4.74. The normalized spacial score (nSPS) is 19.1. The Morgan fingerprint density at radius 1 is 1.53 bits per heavy atom. The Hall–Kier alpha value is -0.100. The van der Waals surface area contributed by atoms with Gasteiger partial charge in [-0.2, -0.15) is 0 Å². The van der Waals surface area contributed by atoms with Crippen LogP contribution in [0.5, 0.6) is 0 Å². The maximum absolute atomic E-state index is 12.2. The zero-order valence-electron chi connectivity index (χ0n) is 10.8. The first-order valence-corrected chi connectivity index (χ1v) is 8.10. The molecule has 0 spiro atoms. The molecule has 1 aromatic heterocycles. The topological polar surface area (TPSA) is 46.3 Å². The largest absolute Gasteiger partial charge is 0.338 e. The first-order valence-electron chi connectivity index (χ1n) is 6.43. The number of hydrogen-bond donors (Lipinski definition) is 1. The minimum Gasteiger partial charge on any atom is -0.338 e. The Labute approximate surface area is 133 Å². The summed E-state index contributed by atoms with van der Waals surface area (Å²) < 4.78 is 1.10. The van der Waals surface area contributed by atoms with Crippen molar-refractivity contribution in [1.29, 1.82) is 0 Å². The van der Waals surface area contributed by atoms with Gasteiger partial charge in [-0.05, 0) is 47.7 Å². The number of carbonyl (C=O) groups excluding carboxylic acids is 1. The minimum atomic E-state index is 0. The van der Waals surface area contributed by atoms with E-state index < -0.39 is 0 Å². The molecule has 1 aromatic rings. The molecular weight excluding hydrogens is 348 g/mol. The van der Waals surface area contributed by atoms with Crippen molar-refractivity contribution in [1.82, 2.24) is 4.90 Å². The zero-order valence-corrected chi connectivity index (χ0v) is 14.0. The van der Waals surface area contributed by atoms with Crippen molar-refractivity contribution in [3.8, 4) is 0 Å². The summed E-state index contributed by atoms with van der Waals surface area (Å²) in [5.41, 5.74) is 5.74. The van der Waals surface area contributed by atoms with Crippen LogP contribution in [0.15, 0.2) is 15.9 Å². The van der Waals surface area contributed by atoms with Gasteiger partial charge in [0.1, 0.15) is 0 Å². The van der Waals surface area contributed by atoms with E-state index in [0.717, 1.165) is 30.3 Å². The van der Waals surface area contributed by atoms with Gasteiger partial charge in [-0.15, -0.1) is 23.7 Å². The van der Waals surface area contributed by atoms with Gasteiger partial charge in [0.15, 0.2) is 0 Å². The number of piperidine rings is 1. The number of rotatable bonds is 4. The number of nitrogens with zero attached hydrogens (tertiary/aromatic N) is 1. The van der Waals surface area contributed by atoms with Gasteiger partial charge in [0.05, 0.1) is 0 Å². The maximum atomic E-state index is 12.2. The number of nitrogens with two attached hydrogens (primary N) is 1. The van der Waals surface area contributed by atoms with Crippen LogP contribution in [0.25, 0.3) is 0 Å². The highest BCUT2D eigenvalue weighted by atomic mass is 79.9. The summed E-state index contributed by atoms with van der Waals surface area (Å²) in [5, 5.41) is 2.06. The van der Waals surface area contributed by atoms with Crippen molar-refractivity contribution in [3.63, 3.8) is 0 Å². The lowest BCUT2D eigenvalue weighted by atomic mass is 10.0. The number of aryl methyl sites for hydroxylation is 1. The van der Waals surface area contributed by atoms with E-state index >= 15 is 0 Å². The second kappa shape index (κ2) is 8.25. The first kappa shape index (κ1) is 17.0. The summed E-state index contributed by atoms with van der Waals surface area (Å²) in [6.45, 7) is 1.48. The molecule has 19 heavy (non-hydrogen) atoms. The third-order valence-corrected chi connectivity index (χ3v) is 5.18. The molecule has 1 aliphatic heterocycles. The second-order valence-electron chi connectivity index (χ2n) is 4.70. The molecule has 1 fully saturated rings. The van der Waals surface area contributed by atoms with Crippen LogP contribution in [-0.4, -0.2) is 29.9 Å². The van der Waals surface area contributed by atoms with Crippen molar-refractivity contribution in [3.05, 3.63) is 20.8 Å². The predicted molar refractivity (Wildman–Crippen MR) is 86.0 cm³/mol. The standard InChI is InChI=1S/C13H19BrN2OS.ClH/c14-10-7-12(18-9-10)4-5-13(17)16-6-2-1-3-11(16)8-15;/h7,9,11H,1-6,8,15H2;1H. The number of halogens is 2. The Bertz CT molecular complexity index is 413. The average molecular weight is 368 g/mol. The summed E-state index contributed by atoms with van der Waals surface area (Å²) in [7, 11) is 0. The molecule has 1 unspecified atom stereocenters. The fourth-order valence-corrected chi connectivity index (χ4v) is 3.89. The van der Waals surface area contributed by atoms with Gasteiger partial charge >= 0.3 is 0 Å². The highest BCUT2D eigenvalue weighted by Crippen LogP contribution is 2.22. The molecule has 1 atom stereocenters. The SMILES string of the molecule is Cl.NCC1CCCCN1C(=O)CCc1cc(Br)cs1. The number of carbonyl (C=O) groups is 1. The molecule has 2 N–H and O–H groups in total. The highest BCUT2D eigenvalue weighted by Gasteiger charge is 2.25. The van der Waals surface area contributed by atoms with E-state index in [1.165, 1.54) is 11.3 Å². The molecule has 2 rings (SSSR count). The van der Waals surface area contributed by atoms with Crippen molar-refractivity contribution < 1.29 is 4.79 Å². The predicted octanol–water partition coefficient (Wildman–Crippen LogP) is 3.20. The van der Waals surface area contributed by atoms with Crippen molar-refractivity contribution in [2.45, 2.75) is 38.1 Å². The molecule has 0 radical (unpaired) electrons. The van der Waals surface area contributed by atoms with Crippen LogP contribution in [0.1, 0.15) is 30.6 Å². The molecule has 108 valence electrons. The smallest absolute Gasteiger partial charge is 0.223 e. The van der Waals surface area contributed by atoms with Gasteiger partial charge in [0.2, 0.25) is 5.91 Å². The third-order valence-electron chi connectivity index (χ3n) is 3.43. The van der Waals surface area contributed by atoms with Gasteiger partial charge in [0, 0.05) is 40.3 Å². The number of likely N-dealkylation sites (tertiary alicyclic amines) is 1. The Kier molecular flexibility index (Phi) is 7.36. The van der Waals surface area contributed by atoms with E-state index in [9.17, 15) is 4.79 Å². The average Bonchev–Trinajstić information content (AvgIpc) is 2.81. The lowest BCUT2D eigenvalue weighted by Crippen LogP contribution is -2.47. The van der Waals surface area contributed by atoms with E-state index in [1.807, 2.05) is 4.90 Å².